The summed E-state index contributed by atoms with van der Waals surface area (Å²) in [5, 5.41) is 0. The fraction of sp³-hybridized carbons (Fsp3) is 0.400. The zero-order chi connectivity index (χ0) is 22.5. The number of rotatable bonds is 6. The van der Waals surface area contributed by atoms with E-state index < -0.39 is 12.1 Å². The van der Waals surface area contributed by atoms with Crippen molar-refractivity contribution in [3.05, 3.63) is 60.2 Å². The Balaban J connectivity index is 1.27. The molecule has 2 heterocycles. The molecule has 2 aliphatic rings. The molecule has 0 aromatic heterocycles. The summed E-state index contributed by atoms with van der Waals surface area (Å²) in [6.07, 6.45) is 2.05. The highest BCUT2D eigenvalue weighted by Crippen LogP contribution is 2.34. The number of hydrogen-bond donors (Lipinski definition) is 0. The topological polar surface area (TPSA) is 66.9 Å². The third-order valence-electron chi connectivity index (χ3n) is 6.04. The van der Waals surface area contributed by atoms with Gasteiger partial charge in [-0.25, -0.2) is 0 Å². The van der Waals surface area contributed by atoms with Crippen molar-refractivity contribution in [1.82, 2.24) is 4.90 Å². The largest absolute Gasteiger partial charge is 0.451 e. The Morgan fingerprint density at radius 2 is 1.75 bits per heavy atom. The number of para-hydroxylation sites is 1. The number of nitrogens with zero attached hydrogens (tertiary/aromatic N) is 2. The third-order valence-corrected chi connectivity index (χ3v) is 7.09. The third kappa shape index (κ3) is 5.33. The molecule has 1 atom stereocenters. The molecule has 7 heteroatoms. The lowest BCUT2D eigenvalue weighted by Crippen LogP contribution is -2.46. The van der Waals surface area contributed by atoms with Crippen LogP contribution in [0.4, 0.5) is 5.69 Å². The second-order valence-corrected chi connectivity index (χ2v) is 9.34. The molecule has 0 bridgehead atoms. The average Bonchev–Trinajstić information content (AvgIpc) is 2.81. The fourth-order valence-electron chi connectivity index (χ4n) is 4.30. The first-order valence-electron chi connectivity index (χ1n) is 11.1. The Bertz CT molecular complexity index is 973. The van der Waals surface area contributed by atoms with Crippen LogP contribution < -0.4 is 4.90 Å². The Kier molecular flexibility index (Phi) is 7.15. The Labute approximate surface area is 192 Å². The number of amides is 2. The second-order valence-electron chi connectivity index (χ2n) is 8.33. The summed E-state index contributed by atoms with van der Waals surface area (Å²) in [7, 11) is 0. The van der Waals surface area contributed by atoms with Crippen molar-refractivity contribution in [1.29, 1.82) is 0 Å². The Morgan fingerprint density at radius 1 is 1.06 bits per heavy atom. The smallest absolute Gasteiger partial charge is 0.326 e. The van der Waals surface area contributed by atoms with Crippen LogP contribution in [0.25, 0.3) is 0 Å². The van der Waals surface area contributed by atoms with Crippen LogP contribution in [0, 0.1) is 5.92 Å². The van der Waals surface area contributed by atoms with E-state index in [4.69, 9.17) is 4.74 Å². The minimum absolute atomic E-state index is 0.134. The van der Waals surface area contributed by atoms with E-state index in [9.17, 15) is 14.4 Å². The van der Waals surface area contributed by atoms with Gasteiger partial charge in [0.05, 0.1) is 11.4 Å². The maximum atomic E-state index is 12.8. The average molecular weight is 453 g/mol. The number of benzene rings is 2. The predicted octanol–water partition coefficient (Wildman–Crippen LogP) is 3.54. The number of carbonyl (C=O) groups is 3. The number of anilines is 1. The molecule has 1 fully saturated rings. The van der Waals surface area contributed by atoms with Crippen molar-refractivity contribution in [2.75, 3.05) is 30.3 Å². The highest BCUT2D eigenvalue weighted by atomic mass is 32.2. The number of ether oxygens (including phenoxy) is 1. The van der Waals surface area contributed by atoms with Crippen LogP contribution in [0.2, 0.25) is 0 Å². The van der Waals surface area contributed by atoms with Gasteiger partial charge >= 0.3 is 5.97 Å². The zero-order valence-electron chi connectivity index (χ0n) is 18.2. The number of hydrogen-bond acceptors (Lipinski definition) is 5. The standard InChI is InChI=1S/C25H28N2O4S/c1-18(25(30)26-13-11-20(12-14-26)15-19-7-3-2-4-8-19)31-24(29)16-27-21-9-5-6-10-22(21)32-17-23(27)28/h2-10,18,20H,11-17H2,1H3. The molecule has 0 radical (unpaired) electrons. The summed E-state index contributed by atoms with van der Waals surface area (Å²) < 4.78 is 5.42. The van der Waals surface area contributed by atoms with E-state index in [-0.39, 0.29) is 24.1 Å². The second kappa shape index (κ2) is 10.2. The molecule has 168 valence electrons. The van der Waals surface area contributed by atoms with Gasteiger partial charge in [0.25, 0.3) is 5.91 Å². The quantitative estimate of drug-likeness (QED) is 0.627. The van der Waals surface area contributed by atoms with Gasteiger partial charge in [-0.3, -0.25) is 19.3 Å². The molecule has 2 aromatic rings. The van der Waals surface area contributed by atoms with Gasteiger partial charge in [0.1, 0.15) is 6.54 Å². The van der Waals surface area contributed by atoms with Crippen molar-refractivity contribution in [2.24, 2.45) is 5.92 Å². The van der Waals surface area contributed by atoms with Crippen molar-refractivity contribution < 1.29 is 19.1 Å². The van der Waals surface area contributed by atoms with Crippen LogP contribution in [0.3, 0.4) is 0 Å². The molecule has 6 nitrogen and oxygen atoms in total. The van der Waals surface area contributed by atoms with Crippen molar-refractivity contribution >= 4 is 35.2 Å². The molecule has 1 saturated heterocycles. The van der Waals surface area contributed by atoms with E-state index in [0.29, 0.717) is 24.7 Å². The van der Waals surface area contributed by atoms with Crippen LogP contribution in [0.1, 0.15) is 25.3 Å². The lowest BCUT2D eigenvalue weighted by atomic mass is 9.90. The maximum absolute atomic E-state index is 12.8. The van der Waals surface area contributed by atoms with Gasteiger partial charge < -0.3 is 9.64 Å². The monoisotopic (exact) mass is 452 g/mol. The summed E-state index contributed by atoms with van der Waals surface area (Å²) in [5.74, 6) is -0.0266. The van der Waals surface area contributed by atoms with Crippen molar-refractivity contribution in [3.8, 4) is 0 Å². The van der Waals surface area contributed by atoms with Crippen LogP contribution in [0.5, 0.6) is 0 Å². The summed E-state index contributed by atoms with van der Waals surface area (Å²) in [6.45, 7) is 2.77. The summed E-state index contributed by atoms with van der Waals surface area (Å²) >= 11 is 1.46. The van der Waals surface area contributed by atoms with Gasteiger partial charge in [-0.15, -0.1) is 11.8 Å². The van der Waals surface area contributed by atoms with Gasteiger partial charge in [0, 0.05) is 18.0 Å². The van der Waals surface area contributed by atoms with E-state index in [0.717, 1.165) is 24.2 Å². The van der Waals surface area contributed by atoms with Crippen LogP contribution in [-0.2, 0) is 25.5 Å². The molecule has 1 unspecified atom stereocenters. The van der Waals surface area contributed by atoms with Gasteiger partial charge in [0.15, 0.2) is 6.10 Å². The number of esters is 1. The molecule has 32 heavy (non-hydrogen) atoms. The van der Waals surface area contributed by atoms with E-state index in [1.165, 1.54) is 22.2 Å². The van der Waals surface area contributed by atoms with Gasteiger partial charge in [-0.2, -0.15) is 0 Å². The minimum atomic E-state index is -0.863. The normalized spacial score (nSPS) is 17.6. The molecule has 0 aliphatic carbocycles. The predicted molar refractivity (Wildman–Crippen MR) is 125 cm³/mol. The fourth-order valence-corrected chi connectivity index (χ4v) is 5.24. The van der Waals surface area contributed by atoms with Crippen LogP contribution >= 0.6 is 11.8 Å². The van der Waals surface area contributed by atoms with Crippen LogP contribution in [-0.4, -0.2) is 54.2 Å². The first-order chi connectivity index (χ1) is 15.5. The maximum Gasteiger partial charge on any atom is 0.326 e. The van der Waals surface area contributed by atoms with E-state index in [2.05, 4.69) is 24.3 Å². The number of thioether (sulfide) groups is 1. The van der Waals surface area contributed by atoms with Gasteiger partial charge in [-0.05, 0) is 49.8 Å². The zero-order valence-corrected chi connectivity index (χ0v) is 19.1. The van der Waals surface area contributed by atoms with Crippen molar-refractivity contribution in [3.63, 3.8) is 0 Å². The SMILES string of the molecule is CC(OC(=O)CN1C(=O)CSc2ccccc21)C(=O)N1CCC(Cc2ccccc2)CC1. The van der Waals surface area contributed by atoms with Gasteiger partial charge in [0.2, 0.25) is 5.91 Å². The molecule has 0 spiro atoms. The molecule has 4 rings (SSSR count). The minimum Gasteiger partial charge on any atom is -0.451 e. The summed E-state index contributed by atoms with van der Waals surface area (Å²) in [4.78, 5) is 41.9. The van der Waals surface area contributed by atoms with E-state index >= 15 is 0 Å². The highest BCUT2D eigenvalue weighted by Gasteiger charge is 2.31. The summed E-state index contributed by atoms with van der Waals surface area (Å²) in [5.41, 5.74) is 2.04. The molecule has 2 amide bonds. The first kappa shape index (κ1) is 22.4. The number of likely N-dealkylation sites (tertiary alicyclic amines) is 1. The highest BCUT2D eigenvalue weighted by molar-refractivity contribution is 8.00. The van der Waals surface area contributed by atoms with Gasteiger partial charge in [-0.1, -0.05) is 42.5 Å². The van der Waals surface area contributed by atoms with E-state index in [1.54, 1.807) is 11.8 Å². The molecule has 2 aromatic carbocycles. The molecule has 2 aliphatic heterocycles. The first-order valence-corrected chi connectivity index (χ1v) is 12.0. The van der Waals surface area contributed by atoms with Crippen LogP contribution in [0.15, 0.2) is 59.5 Å². The lowest BCUT2D eigenvalue weighted by molar-refractivity contribution is -0.158. The number of fused-ring (bicyclic) bond motifs is 1. The molecular weight excluding hydrogens is 424 g/mol. The van der Waals surface area contributed by atoms with Crippen molar-refractivity contribution in [2.45, 2.75) is 37.2 Å². The molecule has 0 saturated carbocycles. The Hall–Kier alpha value is -2.80. The lowest BCUT2D eigenvalue weighted by Gasteiger charge is -2.33. The summed E-state index contributed by atoms with van der Waals surface area (Å²) in [6, 6.07) is 17.9. The number of piperidine rings is 1. The van der Waals surface area contributed by atoms with E-state index in [1.807, 2.05) is 30.3 Å². The molecular formula is C25H28N2O4S. The Morgan fingerprint density at radius 3 is 2.50 bits per heavy atom. The number of carbonyl (C=O) groups excluding carboxylic acids is 3. The molecule has 0 N–H and O–H groups in total.